The highest BCUT2D eigenvalue weighted by atomic mass is 16.7. The van der Waals surface area contributed by atoms with Gasteiger partial charge in [0.25, 0.3) is 0 Å². The maximum absolute atomic E-state index is 13.0. The monoisotopic (exact) mass is 730 g/mol. The van der Waals surface area contributed by atoms with Crippen LogP contribution in [0, 0.1) is 0 Å². The quantitative estimate of drug-likeness (QED) is 0.0595. The molecule has 0 amide bonds. The lowest BCUT2D eigenvalue weighted by Crippen LogP contribution is -2.60. The van der Waals surface area contributed by atoms with E-state index < -0.39 is 102 Å². The van der Waals surface area contributed by atoms with Gasteiger partial charge in [0.05, 0.1) is 19.6 Å². The molecular weight excluding hydrogens is 692 g/mol. The molecule has 1 fully saturated rings. The lowest BCUT2D eigenvalue weighted by Gasteiger charge is -2.41. The Bertz CT molecular complexity index is 1760. The molecule has 1 aliphatic heterocycles. The number of hydrogen-bond acceptors (Lipinski definition) is 16. The molecule has 3 aromatic rings. The highest BCUT2D eigenvalue weighted by Crippen LogP contribution is 2.33. The standard InChI is InChI=1S/C35H38O17/c36-16-28-33(52-29(43)8-3-17-1-5-21(37)24(40)11-17)31(45)32(46)35(51-28)49-10-9-20(19-4-7-23(39)26(42)14-19)15-30(44)50-27(34(47)48)13-18-2-6-22(38)25(41)12-18/h1-8,11-12,14,20,27-28,31-33,35-42,45-46H,9-10,13,15-16H2,(H,47,48)/b8-3+/t20-,27+,28+,31+,32+,33+,35+/m0/s1. The van der Waals surface area contributed by atoms with Gasteiger partial charge in [-0.2, -0.15) is 0 Å². The predicted octanol–water partition coefficient (Wildman–Crippen LogP) is 1.10. The van der Waals surface area contributed by atoms with Gasteiger partial charge in [-0.15, -0.1) is 0 Å². The minimum absolute atomic E-state index is 0.0502. The summed E-state index contributed by atoms with van der Waals surface area (Å²) < 4.78 is 21.6. The molecule has 0 aliphatic carbocycles. The van der Waals surface area contributed by atoms with Crippen LogP contribution < -0.4 is 0 Å². The zero-order valence-corrected chi connectivity index (χ0v) is 27.3. The summed E-state index contributed by atoms with van der Waals surface area (Å²) in [6.45, 7) is -1.05. The zero-order chi connectivity index (χ0) is 38.1. The number of carboxylic acids is 1. The number of ether oxygens (including phenoxy) is 4. The Labute approximate surface area is 295 Å². The molecule has 52 heavy (non-hydrogen) atoms. The van der Waals surface area contributed by atoms with Crippen LogP contribution in [0.1, 0.15) is 35.4 Å². The summed E-state index contributed by atoms with van der Waals surface area (Å²) in [5, 5.41) is 99.2. The van der Waals surface area contributed by atoms with E-state index in [0.717, 1.165) is 18.2 Å². The first-order chi connectivity index (χ1) is 24.7. The number of aliphatic hydroxyl groups excluding tert-OH is 3. The molecule has 1 saturated heterocycles. The smallest absolute Gasteiger partial charge is 0.345 e. The lowest BCUT2D eigenvalue weighted by atomic mass is 9.92. The number of benzene rings is 3. The molecule has 0 unspecified atom stereocenters. The van der Waals surface area contributed by atoms with E-state index in [0.29, 0.717) is 11.1 Å². The van der Waals surface area contributed by atoms with Crippen molar-refractivity contribution in [2.24, 2.45) is 0 Å². The number of aliphatic hydroxyl groups is 3. The van der Waals surface area contributed by atoms with Gasteiger partial charge in [0.15, 0.2) is 46.9 Å². The van der Waals surface area contributed by atoms with Crippen molar-refractivity contribution in [3.8, 4) is 34.5 Å². The normalized spacial score (nSPS) is 21.3. The molecule has 7 atom stereocenters. The van der Waals surface area contributed by atoms with Gasteiger partial charge in [0.1, 0.15) is 18.3 Å². The van der Waals surface area contributed by atoms with Gasteiger partial charge in [-0.3, -0.25) is 4.79 Å². The molecule has 1 aliphatic rings. The number of carboxylic acid groups (broad SMARTS) is 1. The van der Waals surface area contributed by atoms with Gasteiger partial charge in [-0.25, -0.2) is 9.59 Å². The average molecular weight is 731 g/mol. The van der Waals surface area contributed by atoms with Gasteiger partial charge in [0, 0.05) is 12.5 Å². The van der Waals surface area contributed by atoms with Crippen LogP contribution in [0.5, 0.6) is 34.5 Å². The molecule has 0 radical (unpaired) electrons. The Kier molecular flexibility index (Phi) is 13.2. The number of hydrogen-bond donors (Lipinski definition) is 10. The van der Waals surface area contributed by atoms with Gasteiger partial charge < -0.3 is 70.0 Å². The maximum atomic E-state index is 13.0. The number of phenolic OH excluding ortho intramolecular Hbond substituents is 6. The van der Waals surface area contributed by atoms with E-state index >= 15 is 0 Å². The number of carbonyl (C=O) groups excluding carboxylic acids is 2. The van der Waals surface area contributed by atoms with E-state index in [1.54, 1.807) is 0 Å². The molecule has 3 aromatic carbocycles. The molecule has 0 bridgehead atoms. The first kappa shape index (κ1) is 39.2. The lowest BCUT2D eigenvalue weighted by molar-refractivity contribution is -0.303. The molecular formula is C35H38O17. The first-order valence-corrected chi connectivity index (χ1v) is 15.8. The summed E-state index contributed by atoms with van der Waals surface area (Å²) in [7, 11) is 0. The van der Waals surface area contributed by atoms with Crippen molar-refractivity contribution >= 4 is 24.0 Å². The number of phenols is 6. The van der Waals surface area contributed by atoms with Crippen molar-refractivity contribution in [2.45, 2.75) is 62.0 Å². The van der Waals surface area contributed by atoms with Gasteiger partial charge in [-0.1, -0.05) is 18.2 Å². The topological polar surface area (TPSA) is 290 Å². The fourth-order valence-corrected chi connectivity index (χ4v) is 5.32. The van der Waals surface area contributed by atoms with E-state index in [1.165, 1.54) is 48.5 Å². The van der Waals surface area contributed by atoms with Crippen molar-refractivity contribution in [2.75, 3.05) is 13.2 Å². The number of esters is 2. The van der Waals surface area contributed by atoms with Crippen LogP contribution in [0.25, 0.3) is 6.08 Å². The molecule has 17 heteroatoms. The molecule has 10 N–H and O–H groups in total. The van der Waals surface area contributed by atoms with Gasteiger partial charge in [-0.05, 0) is 71.5 Å². The van der Waals surface area contributed by atoms with Crippen LogP contribution in [0.3, 0.4) is 0 Å². The van der Waals surface area contributed by atoms with Crippen LogP contribution in [0.4, 0.5) is 0 Å². The largest absolute Gasteiger partial charge is 0.504 e. The fraction of sp³-hybridized carbons (Fsp3) is 0.343. The number of aromatic hydroxyl groups is 6. The summed E-state index contributed by atoms with van der Waals surface area (Å²) in [5.74, 6) is -6.96. The van der Waals surface area contributed by atoms with Crippen LogP contribution >= 0.6 is 0 Å². The van der Waals surface area contributed by atoms with E-state index in [2.05, 4.69) is 0 Å². The van der Waals surface area contributed by atoms with Crippen molar-refractivity contribution in [1.82, 2.24) is 0 Å². The van der Waals surface area contributed by atoms with E-state index in [4.69, 9.17) is 18.9 Å². The third kappa shape index (κ3) is 10.2. The minimum atomic E-state index is -1.80. The van der Waals surface area contributed by atoms with Crippen molar-refractivity contribution < 1.29 is 84.4 Å². The molecule has 0 spiro atoms. The highest BCUT2D eigenvalue weighted by Gasteiger charge is 2.47. The maximum Gasteiger partial charge on any atom is 0.345 e. The SMILES string of the molecule is O=C(/C=C/c1ccc(O)c(O)c1)O[C@H]1[C@H](O)[C@@H](O)[C@H](OCC[C@@H](CC(=O)O[C@H](Cc2ccc(O)c(O)c2)C(=O)O)c2ccc(O)c(O)c2)O[C@@H]1CO. The first-order valence-electron chi connectivity index (χ1n) is 15.8. The molecule has 0 aromatic heterocycles. The third-order valence-corrected chi connectivity index (χ3v) is 8.13. The Morgan fingerprint density at radius 2 is 1.44 bits per heavy atom. The molecule has 1 heterocycles. The van der Waals surface area contributed by atoms with E-state index in [1.807, 2.05) is 0 Å². The second-order valence-corrected chi connectivity index (χ2v) is 11.8. The third-order valence-electron chi connectivity index (χ3n) is 8.13. The minimum Gasteiger partial charge on any atom is -0.504 e. The molecule has 17 nitrogen and oxygen atoms in total. The number of aliphatic carboxylic acids is 1. The number of carbonyl (C=O) groups is 3. The van der Waals surface area contributed by atoms with Crippen molar-refractivity contribution in [3.63, 3.8) is 0 Å². The summed E-state index contributed by atoms with van der Waals surface area (Å²) in [6, 6.07) is 11.1. The van der Waals surface area contributed by atoms with Crippen LogP contribution in [-0.2, 0) is 39.8 Å². The van der Waals surface area contributed by atoms with Crippen molar-refractivity contribution in [3.05, 3.63) is 77.4 Å². The second-order valence-electron chi connectivity index (χ2n) is 11.8. The summed E-state index contributed by atoms with van der Waals surface area (Å²) in [6.07, 6.45) is -8.38. The molecule has 4 rings (SSSR count). The average Bonchev–Trinajstić information content (AvgIpc) is 3.10. The highest BCUT2D eigenvalue weighted by molar-refractivity contribution is 5.87. The summed E-state index contributed by atoms with van der Waals surface area (Å²) in [4.78, 5) is 37.4. The van der Waals surface area contributed by atoms with E-state index in [-0.39, 0.29) is 30.8 Å². The van der Waals surface area contributed by atoms with Crippen molar-refractivity contribution in [1.29, 1.82) is 0 Å². The fourth-order valence-electron chi connectivity index (χ4n) is 5.32. The van der Waals surface area contributed by atoms with E-state index in [9.17, 15) is 65.4 Å². The molecule has 0 saturated carbocycles. The zero-order valence-electron chi connectivity index (χ0n) is 27.3. The van der Waals surface area contributed by atoms with Crippen LogP contribution in [0.15, 0.2) is 60.7 Å². The Morgan fingerprint density at radius 3 is 2.06 bits per heavy atom. The van der Waals surface area contributed by atoms with Crippen LogP contribution in [0.2, 0.25) is 0 Å². The Hall–Kier alpha value is -5.59. The number of rotatable bonds is 15. The molecule has 280 valence electrons. The van der Waals surface area contributed by atoms with Gasteiger partial charge in [0.2, 0.25) is 6.10 Å². The van der Waals surface area contributed by atoms with Crippen LogP contribution in [-0.4, -0.2) is 119 Å². The summed E-state index contributed by atoms with van der Waals surface area (Å²) in [5.41, 5.74) is 0.889. The predicted molar refractivity (Wildman–Crippen MR) is 175 cm³/mol. The Morgan fingerprint density at radius 1 is 0.808 bits per heavy atom. The second kappa shape index (κ2) is 17.6. The summed E-state index contributed by atoms with van der Waals surface area (Å²) >= 11 is 0. The van der Waals surface area contributed by atoms with Gasteiger partial charge >= 0.3 is 17.9 Å². The Balaban J connectivity index is 1.39.